The smallest absolute Gasteiger partial charge is 0.237 e. The average molecular weight is 239 g/mol. The SMILES string of the molecule is CC(NCC(=O)NCC1CC1)C(=O)NC1CC1. The van der Waals surface area contributed by atoms with E-state index in [0.717, 1.165) is 19.4 Å². The Kier molecular flexibility index (Phi) is 3.99. The lowest BCUT2D eigenvalue weighted by atomic mass is 10.3. The minimum absolute atomic E-state index is 0.0116. The Morgan fingerprint density at radius 1 is 1.24 bits per heavy atom. The Labute approximate surface area is 102 Å². The Hall–Kier alpha value is -1.10. The molecule has 2 aliphatic rings. The van der Waals surface area contributed by atoms with Crippen LogP contribution in [0.5, 0.6) is 0 Å². The molecule has 2 amide bonds. The highest BCUT2D eigenvalue weighted by Gasteiger charge is 2.25. The molecule has 96 valence electrons. The van der Waals surface area contributed by atoms with Gasteiger partial charge < -0.3 is 10.6 Å². The van der Waals surface area contributed by atoms with Crippen molar-refractivity contribution in [3.05, 3.63) is 0 Å². The van der Waals surface area contributed by atoms with Gasteiger partial charge in [-0.25, -0.2) is 0 Å². The first-order valence-corrected chi connectivity index (χ1v) is 6.45. The maximum atomic E-state index is 11.6. The summed E-state index contributed by atoms with van der Waals surface area (Å²) in [5, 5.41) is 8.70. The largest absolute Gasteiger partial charge is 0.355 e. The molecule has 0 aliphatic heterocycles. The third kappa shape index (κ3) is 4.73. The van der Waals surface area contributed by atoms with Crippen molar-refractivity contribution in [3.8, 4) is 0 Å². The van der Waals surface area contributed by atoms with Gasteiger partial charge in [0, 0.05) is 12.6 Å². The minimum atomic E-state index is -0.303. The molecule has 0 saturated heterocycles. The van der Waals surface area contributed by atoms with Gasteiger partial charge in [-0.2, -0.15) is 0 Å². The molecule has 2 rings (SSSR count). The van der Waals surface area contributed by atoms with Crippen LogP contribution in [-0.2, 0) is 9.59 Å². The molecular weight excluding hydrogens is 218 g/mol. The number of hydrogen-bond donors (Lipinski definition) is 3. The van der Waals surface area contributed by atoms with Crippen LogP contribution in [0.4, 0.5) is 0 Å². The lowest BCUT2D eigenvalue weighted by Gasteiger charge is -2.13. The van der Waals surface area contributed by atoms with Gasteiger partial charge in [0.05, 0.1) is 12.6 Å². The van der Waals surface area contributed by atoms with Crippen LogP contribution in [0.1, 0.15) is 32.6 Å². The summed E-state index contributed by atoms with van der Waals surface area (Å²) in [4.78, 5) is 23.0. The van der Waals surface area contributed by atoms with Gasteiger partial charge in [-0.3, -0.25) is 14.9 Å². The highest BCUT2D eigenvalue weighted by atomic mass is 16.2. The normalized spacial score (nSPS) is 20.8. The Bertz CT molecular complexity index is 298. The molecule has 3 N–H and O–H groups in total. The molecule has 5 heteroatoms. The van der Waals surface area contributed by atoms with Crippen molar-refractivity contribution < 1.29 is 9.59 Å². The fraction of sp³-hybridized carbons (Fsp3) is 0.833. The first-order chi connectivity index (χ1) is 8.15. The third-order valence-corrected chi connectivity index (χ3v) is 3.17. The molecular formula is C12H21N3O2. The van der Waals surface area contributed by atoms with Crippen molar-refractivity contribution in [2.24, 2.45) is 5.92 Å². The summed E-state index contributed by atoms with van der Waals surface area (Å²) in [6, 6.07) is 0.0673. The average Bonchev–Trinajstić information content (AvgIpc) is 3.15. The summed E-state index contributed by atoms with van der Waals surface area (Å²) in [5.74, 6) is 0.653. The van der Waals surface area contributed by atoms with Crippen molar-refractivity contribution in [3.63, 3.8) is 0 Å². The monoisotopic (exact) mass is 239 g/mol. The molecule has 0 heterocycles. The van der Waals surface area contributed by atoms with Crippen LogP contribution in [0.15, 0.2) is 0 Å². The molecule has 0 aromatic heterocycles. The molecule has 0 aromatic rings. The van der Waals surface area contributed by atoms with E-state index in [0.29, 0.717) is 12.0 Å². The van der Waals surface area contributed by atoms with Gasteiger partial charge in [-0.15, -0.1) is 0 Å². The van der Waals surface area contributed by atoms with Crippen LogP contribution in [0.25, 0.3) is 0 Å². The standard InChI is InChI=1S/C12H21N3O2/c1-8(12(17)15-10-4-5-10)13-7-11(16)14-6-9-2-3-9/h8-10,13H,2-7H2,1H3,(H,14,16)(H,15,17). The van der Waals surface area contributed by atoms with Crippen LogP contribution in [0.3, 0.4) is 0 Å². The van der Waals surface area contributed by atoms with E-state index in [1.807, 2.05) is 0 Å². The molecule has 2 fully saturated rings. The number of hydrogen-bond acceptors (Lipinski definition) is 3. The molecule has 1 unspecified atom stereocenters. The molecule has 2 saturated carbocycles. The van der Waals surface area contributed by atoms with Crippen molar-refractivity contribution in [2.75, 3.05) is 13.1 Å². The molecule has 0 radical (unpaired) electrons. The van der Waals surface area contributed by atoms with Gasteiger partial charge in [-0.05, 0) is 38.5 Å². The van der Waals surface area contributed by atoms with Crippen molar-refractivity contribution in [1.82, 2.24) is 16.0 Å². The number of nitrogens with one attached hydrogen (secondary N) is 3. The van der Waals surface area contributed by atoms with E-state index >= 15 is 0 Å². The summed E-state index contributed by atoms with van der Waals surface area (Å²) < 4.78 is 0. The molecule has 0 aromatic carbocycles. The van der Waals surface area contributed by atoms with Gasteiger partial charge in [0.15, 0.2) is 0 Å². The number of carbonyl (C=O) groups is 2. The first-order valence-electron chi connectivity index (χ1n) is 6.45. The van der Waals surface area contributed by atoms with Crippen LogP contribution in [0.2, 0.25) is 0 Å². The fourth-order valence-electron chi connectivity index (χ4n) is 1.53. The Morgan fingerprint density at radius 2 is 1.94 bits per heavy atom. The molecule has 1 atom stereocenters. The van der Waals surface area contributed by atoms with E-state index in [4.69, 9.17) is 0 Å². The fourth-order valence-corrected chi connectivity index (χ4v) is 1.53. The van der Waals surface area contributed by atoms with Gasteiger partial charge in [0.2, 0.25) is 11.8 Å². The Morgan fingerprint density at radius 3 is 2.53 bits per heavy atom. The summed E-state index contributed by atoms with van der Waals surface area (Å²) in [6.45, 7) is 2.78. The van der Waals surface area contributed by atoms with E-state index < -0.39 is 0 Å². The van der Waals surface area contributed by atoms with Crippen LogP contribution in [0, 0.1) is 5.92 Å². The summed E-state index contributed by atoms with van der Waals surface area (Å²) >= 11 is 0. The van der Waals surface area contributed by atoms with Gasteiger partial charge in [-0.1, -0.05) is 0 Å². The number of carbonyl (C=O) groups excluding carboxylic acids is 2. The second kappa shape index (κ2) is 5.49. The highest BCUT2D eigenvalue weighted by molar-refractivity contribution is 5.83. The van der Waals surface area contributed by atoms with E-state index in [-0.39, 0.29) is 24.4 Å². The van der Waals surface area contributed by atoms with E-state index in [1.165, 1.54) is 12.8 Å². The van der Waals surface area contributed by atoms with Crippen LogP contribution >= 0.6 is 0 Å². The number of rotatable bonds is 7. The van der Waals surface area contributed by atoms with Crippen molar-refractivity contribution in [1.29, 1.82) is 0 Å². The maximum absolute atomic E-state index is 11.6. The van der Waals surface area contributed by atoms with Gasteiger partial charge in [0.25, 0.3) is 0 Å². The first kappa shape index (κ1) is 12.4. The Balaban J connectivity index is 1.55. The van der Waals surface area contributed by atoms with Crippen LogP contribution in [-0.4, -0.2) is 37.0 Å². The van der Waals surface area contributed by atoms with Crippen molar-refractivity contribution >= 4 is 11.8 Å². The van der Waals surface area contributed by atoms with Gasteiger partial charge >= 0.3 is 0 Å². The highest BCUT2D eigenvalue weighted by Crippen LogP contribution is 2.27. The zero-order valence-corrected chi connectivity index (χ0v) is 10.3. The lowest BCUT2D eigenvalue weighted by molar-refractivity contribution is -0.123. The molecule has 2 aliphatic carbocycles. The quantitative estimate of drug-likeness (QED) is 0.575. The number of amides is 2. The summed E-state index contributed by atoms with van der Waals surface area (Å²) in [6.07, 6.45) is 4.63. The van der Waals surface area contributed by atoms with E-state index in [9.17, 15) is 9.59 Å². The predicted octanol–water partition coefficient (Wildman–Crippen LogP) is -0.231. The topological polar surface area (TPSA) is 70.2 Å². The molecule has 17 heavy (non-hydrogen) atoms. The maximum Gasteiger partial charge on any atom is 0.237 e. The van der Waals surface area contributed by atoms with Gasteiger partial charge in [0.1, 0.15) is 0 Å². The second-order valence-electron chi connectivity index (χ2n) is 5.13. The second-order valence-corrected chi connectivity index (χ2v) is 5.13. The van der Waals surface area contributed by atoms with Crippen molar-refractivity contribution in [2.45, 2.75) is 44.7 Å². The lowest BCUT2D eigenvalue weighted by Crippen LogP contribution is -2.46. The summed E-state index contributed by atoms with van der Waals surface area (Å²) in [5.41, 5.74) is 0. The minimum Gasteiger partial charge on any atom is -0.355 e. The molecule has 0 spiro atoms. The van der Waals surface area contributed by atoms with E-state index in [2.05, 4.69) is 16.0 Å². The zero-order valence-electron chi connectivity index (χ0n) is 10.3. The van der Waals surface area contributed by atoms with E-state index in [1.54, 1.807) is 6.92 Å². The van der Waals surface area contributed by atoms with Crippen LogP contribution < -0.4 is 16.0 Å². The molecule has 0 bridgehead atoms. The zero-order chi connectivity index (χ0) is 12.3. The third-order valence-electron chi connectivity index (χ3n) is 3.17. The summed E-state index contributed by atoms with van der Waals surface area (Å²) in [7, 11) is 0. The predicted molar refractivity (Wildman–Crippen MR) is 64.4 cm³/mol. The molecule has 5 nitrogen and oxygen atoms in total.